The van der Waals surface area contributed by atoms with Crippen LogP contribution in [0.3, 0.4) is 0 Å². The first kappa shape index (κ1) is 16.8. The maximum absolute atomic E-state index is 4.65. The Labute approximate surface area is 147 Å². The van der Waals surface area contributed by atoms with Crippen LogP contribution in [-0.4, -0.2) is 38.0 Å². The van der Waals surface area contributed by atoms with E-state index in [-0.39, 0.29) is 0 Å². The number of hydrogen-bond donors (Lipinski definition) is 2. The number of pyridine rings is 1. The molecule has 0 atom stereocenters. The van der Waals surface area contributed by atoms with Gasteiger partial charge in [0, 0.05) is 54.7 Å². The van der Waals surface area contributed by atoms with Crippen LogP contribution in [0.25, 0.3) is 11.4 Å². The van der Waals surface area contributed by atoms with E-state index in [2.05, 4.69) is 35.6 Å². The summed E-state index contributed by atoms with van der Waals surface area (Å²) < 4.78 is 0. The van der Waals surface area contributed by atoms with E-state index in [0.29, 0.717) is 11.8 Å². The molecule has 0 aliphatic carbocycles. The number of nitrogens with one attached hydrogen (secondary N) is 2. The number of aryl methyl sites for hydroxylation is 1. The zero-order valence-corrected chi connectivity index (χ0v) is 14.4. The third-order valence-electron chi connectivity index (χ3n) is 3.80. The summed E-state index contributed by atoms with van der Waals surface area (Å²) in [6, 6.07) is 5.65. The molecule has 3 aromatic rings. The molecule has 128 valence electrons. The van der Waals surface area contributed by atoms with E-state index in [1.165, 1.54) is 0 Å². The van der Waals surface area contributed by atoms with Crippen LogP contribution in [0, 0.1) is 13.8 Å². The zero-order valence-electron chi connectivity index (χ0n) is 14.4. The molecule has 7 heteroatoms. The van der Waals surface area contributed by atoms with Crippen molar-refractivity contribution in [3.05, 3.63) is 54.2 Å². The molecule has 0 spiro atoms. The van der Waals surface area contributed by atoms with Crippen LogP contribution in [0.15, 0.2) is 43.0 Å². The Morgan fingerprint density at radius 2 is 1.72 bits per heavy atom. The molecule has 0 aromatic carbocycles. The molecule has 3 rings (SSSR count). The number of anilines is 2. The van der Waals surface area contributed by atoms with Crippen LogP contribution in [-0.2, 0) is 0 Å². The second-order valence-electron chi connectivity index (χ2n) is 5.63. The zero-order chi connectivity index (χ0) is 17.5. The van der Waals surface area contributed by atoms with Gasteiger partial charge < -0.3 is 10.6 Å². The lowest BCUT2D eigenvalue weighted by molar-refractivity contribution is 0.885. The molecule has 0 radical (unpaired) electrons. The van der Waals surface area contributed by atoms with Gasteiger partial charge in [-0.05, 0) is 38.5 Å². The minimum absolute atomic E-state index is 0.649. The largest absolute Gasteiger partial charge is 0.370 e. The Bertz CT molecular complexity index is 806. The van der Waals surface area contributed by atoms with Crippen molar-refractivity contribution in [1.29, 1.82) is 0 Å². The third kappa shape index (κ3) is 4.47. The second-order valence-corrected chi connectivity index (χ2v) is 5.63. The predicted octanol–water partition coefficient (Wildman–Crippen LogP) is 2.86. The monoisotopic (exact) mass is 335 g/mol. The van der Waals surface area contributed by atoms with E-state index < -0.39 is 0 Å². The fourth-order valence-corrected chi connectivity index (χ4v) is 2.31. The van der Waals surface area contributed by atoms with Crippen molar-refractivity contribution < 1.29 is 0 Å². The molecule has 0 unspecified atom stereocenters. The van der Waals surface area contributed by atoms with Crippen LogP contribution in [0.1, 0.15) is 17.7 Å². The Balaban J connectivity index is 1.59. The molecule has 0 bridgehead atoms. The van der Waals surface area contributed by atoms with Gasteiger partial charge in [0.25, 0.3) is 0 Å². The normalized spacial score (nSPS) is 10.5. The van der Waals surface area contributed by atoms with Gasteiger partial charge in [0.2, 0.25) is 5.95 Å². The Morgan fingerprint density at radius 3 is 2.48 bits per heavy atom. The summed E-state index contributed by atoms with van der Waals surface area (Å²) in [5, 5.41) is 6.59. The van der Waals surface area contributed by atoms with E-state index in [1.807, 2.05) is 26.0 Å². The standard InChI is InChI=1S/C18H21N7/c1-13-14(2)24-17(15-6-3-7-19-12-15)25-16(13)20-8-4-9-21-18-22-10-5-11-23-18/h3,5-7,10-12H,4,8-9H2,1-2H3,(H,20,24,25)(H,21,22,23). The smallest absolute Gasteiger partial charge is 0.222 e. The summed E-state index contributed by atoms with van der Waals surface area (Å²) in [6.45, 7) is 5.61. The molecule has 0 saturated heterocycles. The topological polar surface area (TPSA) is 88.5 Å². The van der Waals surface area contributed by atoms with Crippen LogP contribution in [0.2, 0.25) is 0 Å². The van der Waals surface area contributed by atoms with E-state index in [9.17, 15) is 0 Å². The van der Waals surface area contributed by atoms with Crippen molar-refractivity contribution >= 4 is 11.8 Å². The minimum atomic E-state index is 0.649. The molecule has 7 nitrogen and oxygen atoms in total. The first-order chi connectivity index (χ1) is 12.2. The van der Waals surface area contributed by atoms with Crippen molar-refractivity contribution in [1.82, 2.24) is 24.9 Å². The molecule has 0 aliphatic rings. The molecule has 0 saturated carbocycles. The van der Waals surface area contributed by atoms with E-state index in [0.717, 1.165) is 42.1 Å². The van der Waals surface area contributed by atoms with Crippen molar-refractivity contribution in [3.63, 3.8) is 0 Å². The summed E-state index contributed by atoms with van der Waals surface area (Å²) in [4.78, 5) is 21.6. The lowest BCUT2D eigenvalue weighted by Crippen LogP contribution is -2.13. The van der Waals surface area contributed by atoms with Crippen LogP contribution in [0.4, 0.5) is 11.8 Å². The van der Waals surface area contributed by atoms with Crippen LogP contribution in [0.5, 0.6) is 0 Å². The fraction of sp³-hybridized carbons (Fsp3) is 0.278. The Morgan fingerprint density at radius 1 is 0.920 bits per heavy atom. The lowest BCUT2D eigenvalue weighted by Gasteiger charge is -2.12. The molecule has 0 amide bonds. The SMILES string of the molecule is Cc1nc(-c2cccnc2)nc(NCCCNc2ncccn2)c1C. The molecule has 0 aliphatic heterocycles. The average Bonchev–Trinajstić information content (AvgIpc) is 2.66. The van der Waals surface area contributed by atoms with Gasteiger partial charge >= 0.3 is 0 Å². The molecule has 0 fully saturated rings. The van der Waals surface area contributed by atoms with Gasteiger partial charge in [0.15, 0.2) is 5.82 Å². The van der Waals surface area contributed by atoms with Crippen molar-refractivity contribution in [2.45, 2.75) is 20.3 Å². The summed E-state index contributed by atoms with van der Waals surface area (Å²) in [5.41, 5.74) is 2.94. The summed E-state index contributed by atoms with van der Waals surface area (Å²) in [6.07, 6.45) is 7.88. The van der Waals surface area contributed by atoms with Crippen molar-refractivity contribution in [2.75, 3.05) is 23.7 Å². The molecular formula is C18H21N7. The van der Waals surface area contributed by atoms with Crippen molar-refractivity contribution in [2.24, 2.45) is 0 Å². The number of aromatic nitrogens is 5. The van der Waals surface area contributed by atoms with Gasteiger partial charge in [-0.25, -0.2) is 19.9 Å². The summed E-state index contributed by atoms with van der Waals surface area (Å²) >= 11 is 0. The molecular weight excluding hydrogens is 314 g/mol. The highest BCUT2D eigenvalue weighted by Gasteiger charge is 2.09. The predicted molar refractivity (Wildman–Crippen MR) is 98.4 cm³/mol. The summed E-state index contributed by atoms with van der Waals surface area (Å²) in [7, 11) is 0. The van der Waals surface area contributed by atoms with Crippen molar-refractivity contribution in [3.8, 4) is 11.4 Å². The quantitative estimate of drug-likeness (QED) is 0.642. The van der Waals surface area contributed by atoms with Gasteiger partial charge in [0.1, 0.15) is 5.82 Å². The highest BCUT2D eigenvalue weighted by molar-refractivity contribution is 5.58. The van der Waals surface area contributed by atoms with E-state index in [1.54, 1.807) is 30.9 Å². The molecule has 25 heavy (non-hydrogen) atoms. The Kier molecular flexibility index (Phi) is 5.46. The van der Waals surface area contributed by atoms with Gasteiger partial charge in [-0.2, -0.15) is 0 Å². The van der Waals surface area contributed by atoms with Gasteiger partial charge in [-0.15, -0.1) is 0 Å². The first-order valence-corrected chi connectivity index (χ1v) is 8.24. The maximum Gasteiger partial charge on any atom is 0.222 e. The lowest BCUT2D eigenvalue weighted by atomic mass is 10.2. The van der Waals surface area contributed by atoms with E-state index in [4.69, 9.17) is 0 Å². The summed E-state index contributed by atoms with van der Waals surface area (Å²) in [5.74, 6) is 2.20. The van der Waals surface area contributed by atoms with Gasteiger partial charge in [-0.1, -0.05) is 0 Å². The minimum Gasteiger partial charge on any atom is -0.370 e. The molecule has 3 heterocycles. The van der Waals surface area contributed by atoms with Crippen LogP contribution < -0.4 is 10.6 Å². The maximum atomic E-state index is 4.65. The van der Waals surface area contributed by atoms with Gasteiger partial charge in [0.05, 0.1) is 0 Å². The number of rotatable bonds is 7. The number of nitrogens with zero attached hydrogens (tertiary/aromatic N) is 5. The van der Waals surface area contributed by atoms with Crippen LogP contribution >= 0.6 is 0 Å². The molecule has 2 N–H and O–H groups in total. The fourth-order valence-electron chi connectivity index (χ4n) is 2.31. The average molecular weight is 335 g/mol. The molecule has 3 aromatic heterocycles. The highest BCUT2D eigenvalue weighted by atomic mass is 15.1. The van der Waals surface area contributed by atoms with Gasteiger partial charge in [-0.3, -0.25) is 4.98 Å². The Hall–Kier alpha value is -3.09. The second kappa shape index (κ2) is 8.14. The first-order valence-electron chi connectivity index (χ1n) is 8.24. The highest BCUT2D eigenvalue weighted by Crippen LogP contribution is 2.20. The third-order valence-corrected chi connectivity index (χ3v) is 3.80. The number of hydrogen-bond acceptors (Lipinski definition) is 7. The van der Waals surface area contributed by atoms with E-state index >= 15 is 0 Å².